The Morgan fingerprint density at radius 1 is 1.69 bits per heavy atom. The van der Waals surface area contributed by atoms with Crippen LogP contribution in [0.15, 0.2) is 12.3 Å². The zero-order chi connectivity index (χ0) is 11.4. The van der Waals surface area contributed by atoms with E-state index in [1.807, 2.05) is 13.2 Å². The van der Waals surface area contributed by atoms with Crippen LogP contribution < -0.4 is 5.32 Å². The lowest BCUT2D eigenvalue weighted by Gasteiger charge is -2.20. The first-order chi connectivity index (χ1) is 7.85. The van der Waals surface area contributed by atoms with Crippen LogP contribution in [0.4, 0.5) is 0 Å². The molecule has 2 rings (SSSR count). The van der Waals surface area contributed by atoms with Gasteiger partial charge in [0.15, 0.2) is 0 Å². The molecule has 2 unspecified atom stereocenters. The maximum atomic E-state index is 5.69. The molecule has 1 fully saturated rings. The van der Waals surface area contributed by atoms with Crippen molar-refractivity contribution in [2.24, 2.45) is 0 Å². The second-order valence-electron chi connectivity index (χ2n) is 4.28. The van der Waals surface area contributed by atoms with E-state index in [4.69, 9.17) is 4.74 Å². The van der Waals surface area contributed by atoms with Gasteiger partial charge in [-0.15, -0.1) is 0 Å². The molecule has 90 valence electrons. The summed E-state index contributed by atoms with van der Waals surface area (Å²) in [5.74, 6) is 0. The predicted octanol–water partition coefficient (Wildman–Crippen LogP) is 1.73. The highest BCUT2D eigenvalue weighted by Crippen LogP contribution is 2.24. The molecule has 4 nitrogen and oxygen atoms in total. The quantitative estimate of drug-likeness (QED) is 0.826. The molecule has 0 spiro atoms. The molecule has 2 atom stereocenters. The summed E-state index contributed by atoms with van der Waals surface area (Å²) in [5.41, 5.74) is 1.26. The van der Waals surface area contributed by atoms with E-state index in [0.717, 1.165) is 19.6 Å². The first kappa shape index (κ1) is 11.6. The van der Waals surface area contributed by atoms with Crippen molar-refractivity contribution in [3.63, 3.8) is 0 Å². The predicted molar refractivity (Wildman–Crippen MR) is 63.3 cm³/mol. The fourth-order valence-electron chi connectivity index (χ4n) is 2.38. The number of hydrogen-bond acceptors (Lipinski definition) is 3. The molecule has 1 saturated heterocycles. The standard InChI is InChI=1S/C12H21N3O/c1-3-15-12(6-7-14-15)11(13-2)9-10-5-4-8-16-10/h6-7,10-11,13H,3-5,8-9H2,1-2H3. The van der Waals surface area contributed by atoms with Gasteiger partial charge in [0, 0.05) is 19.3 Å². The number of nitrogens with one attached hydrogen (secondary N) is 1. The van der Waals surface area contributed by atoms with Gasteiger partial charge < -0.3 is 10.1 Å². The molecule has 1 N–H and O–H groups in total. The lowest BCUT2D eigenvalue weighted by molar-refractivity contribution is 0.0945. The van der Waals surface area contributed by atoms with Crippen LogP contribution in [-0.4, -0.2) is 29.5 Å². The van der Waals surface area contributed by atoms with Gasteiger partial charge in [-0.3, -0.25) is 4.68 Å². The second-order valence-corrected chi connectivity index (χ2v) is 4.28. The normalized spacial score (nSPS) is 22.5. The molecule has 0 aliphatic carbocycles. The maximum Gasteiger partial charge on any atom is 0.0594 e. The molecule has 0 radical (unpaired) electrons. The average Bonchev–Trinajstić information content (AvgIpc) is 2.96. The molecule has 0 aromatic carbocycles. The van der Waals surface area contributed by atoms with E-state index in [-0.39, 0.29) is 0 Å². The molecule has 1 aromatic heterocycles. The van der Waals surface area contributed by atoms with Crippen molar-refractivity contribution >= 4 is 0 Å². The van der Waals surface area contributed by atoms with Gasteiger partial charge in [0.25, 0.3) is 0 Å². The second kappa shape index (κ2) is 5.46. The first-order valence-electron chi connectivity index (χ1n) is 6.15. The van der Waals surface area contributed by atoms with E-state index < -0.39 is 0 Å². The molecule has 1 aliphatic heterocycles. The smallest absolute Gasteiger partial charge is 0.0594 e. The van der Waals surface area contributed by atoms with Crippen LogP contribution in [0.2, 0.25) is 0 Å². The molecular weight excluding hydrogens is 202 g/mol. The highest BCUT2D eigenvalue weighted by Gasteiger charge is 2.22. The van der Waals surface area contributed by atoms with Crippen LogP contribution in [0, 0.1) is 0 Å². The Labute approximate surface area is 97.0 Å². The monoisotopic (exact) mass is 223 g/mol. The minimum absolute atomic E-state index is 0.352. The van der Waals surface area contributed by atoms with Crippen molar-refractivity contribution in [1.82, 2.24) is 15.1 Å². The Morgan fingerprint density at radius 3 is 3.19 bits per heavy atom. The number of rotatable bonds is 5. The number of aromatic nitrogens is 2. The van der Waals surface area contributed by atoms with Gasteiger partial charge in [-0.2, -0.15) is 5.10 Å². The zero-order valence-corrected chi connectivity index (χ0v) is 10.1. The van der Waals surface area contributed by atoms with Crippen LogP contribution in [0.3, 0.4) is 0 Å². The van der Waals surface area contributed by atoms with E-state index in [2.05, 4.69) is 28.1 Å². The van der Waals surface area contributed by atoms with E-state index >= 15 is 0 Å². The molecular formula is C12H21N3O. The highest BCUT2D eigenvalue weighted by atomic mass is 16.5. The zero-order valence-electron chi connectivity index (χ0n) is 10.1. The number of aryl methyl sites for hydroxylation is 1. The van der Waals surface area contributed by atoms with Crippen molar-refractivity contribution in [3.05, 3.63) is 18.0 Å². The van der Waals surface area contributed by atoms with Crippen LogP contribution in [0.5, 0.6) is 0 Å². The topological polar surface area (TPSA) is 39.1 Å². The van der Waals surface area contributed by atoms with Gasteiger partial charge in [0.2, 0.25) is 0 Å². The van der Waals surface area contributed by atoms with E-state index in [1.54, 1.807) is 0 Å². The van der Waals surface area contributed by atoms with E-state index in [0.29, 0.717) is 12.1 Å². The minimum Gasteiger partial charge on any atom is -0.378 e. The Morgan fingerprint density at radius 2 is 2.56 bits per heavy atom. The fraction of sp³-hybridized carbons (Fsp3) is 0.750. The SMILES string of the molecule is CCn1nccc1C(CC1CCCO1)NC. The molecule has 0 saturated carbocycles. The van der Waals surface area contributed by atoms with Gasteiger partial charge in [-0.1, -0.05) is 0 Å². The molecule has 16 heavy (non-hydrogen) atoms. The Kier molecular flexibility index (Phi) is 3.96. The Hall–Kier alpha value is -0.870. The van der Waals surface area contributed by atoms with Crippen LogP contribution in [-0.2, 0) is 11.3 Å². The van der Waals surface area contributed by atoms with E-state index in [1.165, 1.54) is 18.5 Å². The Balaban J connectivity index is 2.03. The summed E-state index contributed by atoms with van der Waals surface area (Å²) in [6, 6.07) is 2.45. The van der Waals surface area contributed by atoms with Crippen LogP contribution >= 0.6 is 0 Å². The van der Waals surface area contributed by atoms with Crippen molar-refractivity contribution in [2.75, 3.05) is 13.7 Å². The lowest BCUT2D eigenvalue weighted by atomic mass is 10.0. The van der Waals surface area contributed by atoms with E-state index in [9.17, 15) is 0 Å². The number of ether oxygens (including phenoxy) is 1. The molecule has 2 heterocycles. The maximum absolute atomic E-state index is 5.69. The van der Waals surface area contributed by atoms with Crippen molar-refractivity contribution < 1.29 is 4.74 Å². The summed E-state index contributed by atoms with van der Waals surface area (Å²) in [5, 5.41) is 7.68. The summed E-state index contributed by atoms with van der Waals surface area (Å²) >= 11 is 0. The summed E-state index contributed by atoms with van der Waals surface area (Å²) in [4.78, 5) is 0. The third-order valence-corrected chi connectivity index (χ3v) is 3.28. The Bertz CT molecular complexity index is 318. The first-order valence-corrected chi connectivity index (χ1v) is 6.15. The van der Waals surface area contributed by atoms with Gasteiger partial charge in [0.1, 0.15) is 0 Å². The average molecular weight is 223 g/mol. The van der Waals surface area contributed by atoms with Gasteiger partial charge in [0.05, 0.1) is 17.8 Å². The molecule has 0 amide bonds. The summed E-state index contributed by atoms with van der Waals surface area (Å²) in [6.07, 6.45) is 5.73. The minimum atomic E-state index is 0.352. The summed E-state index contributed by atoms with van der Waals surface area (Å²) in [7, 11) is 2.01. The molecule has 1 aromatic rings. The van der Waals surface area contributed by atoms with Gasteiger partial charge >= 0.3 is 0 Å². The van der Waals surface area contributed by atoms with Gasteiger partial charge in [-0.05, 0) is 39.3 Å². The van der Waals surface area contributed by atoms with Crippen molar-refractivity contribution in [2.45, 2.75) is 44.9 Å². The van der Waals surface area contributed by atoms with Gasteiger partial charge in [-0.25, -0.2) is 0 Å². The number of hydrogen-bond donors (Lipinski definition) is 1. The van der Waals surface area contributed by atoms with Crippen molar-refractivity contribution in [3.8, 4) is 0 Å². The van der Waals surface area contributed by atoms with Crippen LogP contribution in [0.1, 0.15) is 37.9 Å². The van der Waals surface area contributed by atoms with Crippen LogP contribution in [0.25, 0.3) is 0 Å². The fourth-order valence-corrected chi connectivity index (χ4v) is 2.38. The summed E-state index contributed by atoms with van der Waals surface area (Å²) < 4.78 is 7.74. The number of nitrogens with zero attached hydrogens (tertiary/aromatic N) is 2. The highest BCUT2D eigenvalue weighted by molar-refractivity contribution is 5.07. The third kappa shape index (κ3) is 2.44. The molecule has 1 aliphatic rings. The largest absolute Gasteiger partial charge is 0.378 e. The lowest BCUT2D eigenvalue weighted by Crippen LogP contribution is -2.24. The summed E-state index contributed by atoms with van der Waals surface area (Å²) in [6.45, 7) is 3.97. The third-order valence-electron chi connectivity index (χ3n) is 3.28. The molecule has 4 heteroatoms. The van der Waals surface area contributed by atoms with Crippen molar-refractivity contribution in [1.29, 1.82) is 0 Å². The molecule has 0 bridgehead atoms.